The fourth-order valence-corrected chi connectivity index (χ4v) is 2.16. The van der Waals surface area contributed by atoms with E-state index in [1.165, 1.54) is 0 Å². The molecule has 1 fully saturated rings. The molecule has 6 heteroatoms. The first-order valence-electron chi connectivity index (χ1n) is 6.97. The summed E-state index contributed by atoms with van der Waals surface area (Å²) in [5.41, 5.74) is 0. The maximum atomic E-state index is 9.80. The van der Waals surface area contributed by atoms with Crippen molar-refractivity contribution in [1.29, 1.82) is 0 Å². The van der Waals surface area contributed by atoms with Gasteiger partial charge in [0.15, 0.2) is 6.29 Å². The molecule has 114 valence electrons. The van der Waals surface area contributed by atoms with E-state index in [4.69, 9.17) is 14.6 Å². The Labute approximate surface area is 114 Å². The minimum atomic E-state index is -1.38. The summed E-state index contributed by atoms with van der Waals surface area (Å²) < 4.78 is 10.8. The Balaban J connectivity index is 2.47. The maximum Gasteiger partial charge on any atom is 0.186 e. The molecule has 1 rings (SSSR count). The first-order valence-corrected chi connectivity index (χ1v) is 6.97. The van der Waals surface area contributed by atoms with E-state index in [1.54, 1.807) is 0 Å². The quantitative estimate of drug-likeness (QED) is 0.480. The third-order valence-electron chi connectivity index (χ3n) is 3.43. The van der Waals surface area contributed by atoms with Crippen molar-refractivity contribution in [2.24, 2.45) is 0 Å². The van der Waals surface area contributed by atoms with Gasteiger partial charge in [0.25, 0.3) is 0 Å². The number of ether oxygens (including phenoxy) is 2. The van der Waals surface area contributed by atoms with Crippen molar-refractivity contribution in [2.75, 3.05) is 6.61 Å². The van der Waals surface area contributed by atoms with Crippen molar-refractivity contribution in [3.8, 4) is 0 Å². The lowest BCUT2D eigenvalue weighted by Gasteiger charge is -2.40. The molecule has 6 atom stereocenters. The molecule has 1 saturated heterocycles. The van der Waals surface area contributed by atoms with Gasteiger partial charge in [0, 0.05) is 0 Å². The highest BCUT2D eigenvalue weighted by Crippen LogP contribution is 2.23. The summed E-state index contributed by atoms with van der Waals surface area (Å²) in [6.07, 6.45) is -1.99. The Morgan fingerprint density at radius 3 is 2.37 bits per heavy atom. The fourth-order valence-electron chi connectivity index (χ4n) is 2.16. The van der Waals surface area contributed by atoms with E-state index in [2.05, 4.69) is 6.92 Å². The van der Waals surface area contributed by atoms with Gasteiger partial charge in [-0.15, -0.1) is 0 Å². The first kappa shape index (κ1) is 16.8. The molecule has 19 heavy (non-hydrogen) atoms. The summed E-state index contributed by atoms with van der Waals surface area (Å²) in [4.78, 5) is 0. The standard InChI is InChI=1S/C13H26O6/c1-3-4-5-6-8(2)18-13-12(17)11(16)10(15)9(7-14)19-13/h8-17H,3-7H2,1-2H3. The zero-order chi connectivity index (χ0) is 14.4. The van der Waals surface area contributed by atoms with E-state index in [9.17, 15) is 15.3 Å². The van der Waals surface area contributed by atoms with Gasteiger partial charge in [-0.3, -0.25) is 0 Å². The molecule has 0 saturated carbocycles. The van der Waals surface area contributed by atoms with Crippen molar-refractivity contribution < 1.29 is 29.9 Å². The minimum absolute atomic E-state index is 0.118. The Kier molecular flexibility index (Phi) is 7.20. The molecule has 0 radical (unpaired) electrons. The highest BCUT2D eigenvalue weighted by molar-refractivity contribution is 4.89. The van der Waals surface area contributed by atoms with Gasteiger partial charge in [0.1, 0.15) is 24.4 Å². The number of hydrogen-bond donors (Lipinski definition) is 4. The normalized spacial score (nSPS) is 37.3. The third-order valence-corrected chi connectivity index (χ3v) is 3.43. The van der Waals surface area contributed by atoms with Crippen LogP contribution in [-0.4, -0.2) is 63.8 Å². The summed E-state index contributed by atoms with van der Waals surface area (Å²) in [7, 11) is 0. The topological polar surface area (TPSA) is 99.4 Å². The van der Waals surface area contributed by atoms with Crippen LogP contribution in [-0.2, 0) is 9.47 Å². The first-order chi connectivity index (χ1) is 9.01. The summed E-state index contributed by atoms with van der Waals surface area (Å²) in [6.45, 7) is 3.55. The van der Waals surface area contributed by atoms with Crippen LogP contribution in [0.2, 0.25) is 0 Å². The molecule has 4 N–H and O–H groups in total. The van der Waals surface area contributed by atoms with Crippen LogP contribution in [0.1, 0.15) is 39.5 Å². The monoisotopic (exact) mass is 278 g/mol. The number of aliphatic hydroxyl groups is 4. The van der Waals surface area contributed by atoms with E-state index in [1.807, 2.05) is 6.92 Å². The maximum absolute atomic E-state index is 9.80. The van der Waals surface area contributed by atoms with E-state index in [-0.39, 0.29) is 6.10 Å². The lowest BCUT2D eigenvalue weighted by Crippen LogP contribution is -2.59. The SMILES string of the molecule is CCCCCC(C)OC1OC(CO)C(O)C(O)C1O. The number of unbranched alkanes of at least 4 members (excludes halogenated alkanes) is 2. The van der Waals surface area contributed by atoms with Crippen LogP contribution in [0.5, 0.6) is 0 Å². The van der Waals surface area contributed by atoms with Gasteiger partial charge in [-0.25, -0.2) is 0 Å². The average molecular weight is 278 g/mol. The molecule has 6 unspecified atom stereocenters. The lowest BCUT2D eigenvalue weighted by atomic mass is 9.99. The molecule has 0 aliphatic carbocycles. The predicted octanol–water partition coefficient (Wildman–Crippen LogP) is -0.228. The molecule has 0 aromatic carbocycles. The fraction of sp³-hybridized carbons (Fsp3) is 1.00. The van der Waals surface area contributed by atoms with Gasteiger partial charge in [-0.05, 0) is 13.3 Å². The zero-order valence-electron chi connectivity index (χ0n) is 11.6. The predicted molar refractivity (Wildman–Crippen MR) is 68.5 cm³/mol. The van der Waals surface area contributed by atoms with Crippen LogP contribution in [0.4, 0.5) is 0 Å². The molecule has 1 aliphatic rings. The van der Waals surface area contributed by atoms with Crippen molar-refractivity contribution in [3.63, 3.8) is 0 Å². The van der Waals surface area contributed by atoms with E-state index < -0.39 is 37.3 Å². The molecule has 0 aromatic heterocycles. The van der Waals surface area contributed by atoms with Crippen LogP contribution < -0.4 is 0 Å². The summed E-state index contributed by atoms with van der Waals surface area (Å²) in [6, 6.07) is 0. The smallest absolute Gasteiger partial charge is 0.186 e. The van der Waals surface area contributed by atoms with Crippen molar-refractivity contribution >= 4 is 0 Å². The van der Waals surface area contributed by atoms with Crippen LogP contribution in [0.3, 0.4) is 0 Å². The number of rotatable bonds is 7. The molecule has 0 spiro atoms. The number of aliphatic hydroxyl groups excluding tert-OH is 4. The molecule has 1 heterocycles. The summed E-state index contributed by atoms with van der Waals surface area (Å²) in [5, 5.41) is 38.1. The number of hydrogen-bond acceptors (Lipinski definition) is 6. The molecular formula is C13H26O6. The van der Waals surface area contributed by atoms with Crippen molar-refractivity contribution in [2.45, 2.75) is 76.3 Å². The van der Waals surface area contributed by atoms with E-state index in [0.29, 0.717) is 0 Å². The Hall–Kier alpha value is -0.240. The van der Waals surface area contributed by atoms with Crippen LogP contribution in [0.15, 0.2) is 0 Å². The van der Waals surface area contributed by atoms with Gasteiger partial charge in [-0.2, -0.15) is 0 Å². The zero-order valence-corrected chi connectivity index (χ0v) is 11.6. The Morgan fingerprint density at radius 1 is 1.11 bits per heavy atom. The van der Waals surface area contributed by atoms with Gasteiger partial charge >= 0.3 is 0 Å². The third kappa shape index (κ3) is 4.66. The second kappa shape index (κ2) is 8.14. The second-order valence-electron chi connectivity index (χ2n) is 5.14. The van der Waals surface area contributed by atoms with Gasteiger partial charge in [-0.1, -0.05) is 26.2 Å². The minimum Gasteiger partial charge on any atom is -0.394 e. The Bertz CT molecular complexity index is 247. The highest BCUT2D eigenvalue weighted by atomic mass is 16.7. The lowest BCUT2D eigenvalue weighted by molar-refractivity contribution is -0.310. The molecule has 1 aliphatic heterocycles. The summed E-state index contributed by atoms with van der Waals surface area (Å²) in [5.74, 6) is 0. The van der Waals surface area contributed by atoms with Crippen molar-refractivity contribution in [1.82, 2.24) is 0 Å². The van der Waals surface area contributed by atoms with Crippen LogP contribution in [0.25, 0.3) is 0 Å². The van der Waals surface area contributed by atoms with E-state index in [0.717, 1.165) is 25.7 Å². The van der Waals surface area contributed by atoms with Gasteiger partial charge in [0.05, 0.1) is 12.7 Å². The molecule has 0 amide bonds. The molecular weight excluding hydrogens is 252 g/mol. The van der Waals surface area contributed by atoms with Crippen LogP contribution >= 0.6 is 0 Å². The van der Waals surface area contributed by atoms with Crippen molar-refractivity contribution in [3.05, 3.63) is 0 Å². The molecule has 0 aromatic rings. The highest BCUT2D eigenvalue weighted by Gasteiger charge is 2.44. The van der Waals surface area contributed by atoms with E-state index >= 15 is 0 Å². The molecule has 0 bridgehead atoms. The molecule has 6 nitrogen and oxygen atoms in total. The van der Waals surface area contributed by atoms with Gasteiger partial charge < -0.3 is 29.9 Å². The Morgan fingerprint density at radius 2 is 1.79 bits per heavy atom. The van der Waals surface area contributed by atoms with Crippen LogP contribution in [0, 0.1) is 0 Å². The largest absolute Gasteiger partial charge is 0.394 e. The summed E-state index contributed by atoms with van der Waals surface area (Å²) >= 11 is 0. The second-order valence-corrected chi connectivity index (χ2v) is 5.14. The van der Waals surface area contributed by atoms with Gasteiger partial charge in [0.2, 0.25) is 0 Å². The average Bonchev–Trinajstić information content (AvgIpc) is 2.39.